The van der Waals surface area contributed by atoms with Gasteiger partial charge in [-0.15, -0.1) is 12.4 Å². The largest absolute Gasteiger partial charge is 0.314 e. The highest BCUT2D eigenvalue weighted by molar-refractivity contribution is 7.89. The first kappa shape index (κ1) is 19.6. The zero-order valence-electron chi connectivity index (χ0n) is 13.9. The molecule has 0 unspecified atom stereocenters. The highest BCUT2D eigenvalue weighted by atomic mass is 35.5. The molecule has 0 aromatic heterocycles. The molecule has 0 radical (unpaired) electrons. The summed E-state index contributed by atoms with van der Waals surface area (Å²) in [6.07, 6.45) is 0. The summed E-state index contributed by atoms with van der Waals surface area (Å²) in [6.45, 7) is 3.48. The Morgan fingerprint density at radius 1 is 1.08 bits per heavy atom. The Morgan fingerprint density at radius 3 is 2.40 bits per heavy atom. The molecule has 5 nitrogen and oxygen atoms in total. The number of carbonyl (C=O) groups is 1. The molecule has 1 aliphatic heterocycles. The second-order valence-electron chi connectivity index (χ2n) is 5.86. The summed E-state index contributed by atoms with van der Waals surface area (Å²) in [7, 11) is -3.72. The molecule has 3 rings (SSSR count). The predicted octanol–water partition coefficient (Wildman–Crippen LogP) is 2.32. The zero-order chi connectivity index (χ0) is 17.2. The van der Waals surface area contributed by atoms with E-state index < -0.39 is 10.0 Å². The van der Waals surface area contributed by atoms with E-state index in [1.165, 1.54) is 10.4 Å². The van der Waals surface area contributed by atoms with Crippen LogP contribution in [0.3, 0.4) is 0 Å². The van der Waals surface area contributed by atoms with Crippen molar-refractivity contribution in [1.82, 2.24) is 9.62 Å². The lowest BCUT2D eigenvalue weighted by molar-refractivity contribution is 0.103. The second kappa shape index (κ2) is 8.10. The molecule has 0 spiro atoms. The van der Waals surface area contributed by atoms with Gasteiger partial charge in [0, 0.05) is 36.8 Å². The molecule has 0 aliphatic carbocycles. The fraction of sp³-hybridized carbons (Fsp3) is 0.278. The van der Waals surface area contributed by atoms with Crippen molar-refractivity contribution in [2.75, 3.05) is 19.6 Å². The first-order chi connectivity index (χ1) is 11.5. The van der Waals surface area contributed by atoms with Gasteiger partial charge < -0.3 is 5.32 Å². The fourth-order valence-electron chi connectivity index (χ4n) is 2.93. The third-order valence-corrected chi connectivity index (χ3v) is 6.27. The predicted molar refractivity (Wildman–Crippen MR) is 99.8 cm³/mol. The third-order valence-electron chi connectivity index (χ3n) is 4.19. The van der Waals surface area contributed by atoms with Gasteiger partial charge in [0.25, 0.3) is 0 Å². The van der Waals surface area contributed by atoms with Crippen LogP contribution in [-0.4, -0.2) is 44.2 Å². The minimum absolute atomic E-state index is 0. The van der Waals surface area contributed by atoms with E-state index in [0.717, 1.165) is 0 Å². The SMILES string of the molecule is C[C@H]1CNCCN1S(=O)(=O)c1ccccc1C(=O)c1ccccc1.Cl. The number of sulfonamides is 1. The van der Waals surface area contributed by atoms with E-state index in [-0.39, 0.29) is 34.7 Å². The van der Waals surface area contributed by atoms with E-state index in [2.05, 4.69) is 5.32 Å². The smallest absolute Gasteiger partial charge is 0.244 e. The van der Waals surface area contributed by atoms with E-state index in [1.54, 1.807) is 42.5 Å². The number of ketones is 1. The minimum Gasteiger partial charge on any atom is -0.314 e. The monoisotopic (exact) mass is 380 g/mol. The van der Waals surface area contributed by atoms with Gasteiger partial charge in [-0.1, -0.05) is 42.5 Å². The highest BCUT2D eigenvalue weighted by Crippen LogP contribution is 2.24. The number of halogens is 1. The van der Waals surface area contributed by atoms with Gasteiger partial charge in [-0.3, -0.25) is 4.79 Å². The average molecular weight is 381 g/mol. The van der Waals surface area contributed by atoms with Crippen LogP contribution in [0.25, 0.3) is 0 Å². The molecule has 2 aromatic rings. The van der Waals surface area contributed by atoms with Crippen LogP contribution in [0, 0.1) is 0 Å². The van der Waals surface area contributed by atoms with Gasteiger partial charge in [-0.25, -0.2) is 8.42 Å². The van der Waals surface area contributed by atoms with Crippen molar-refractivity contribution in [1.29, 1.82) is 0 Å². The number of carbonyl (C=O) groups excluding carboxylic acids is 1. The van der Waals surface area contributed by atoms with Crippen molar-refractivity contribution in [2.24, 2.45) is 0 Å². The zero-order valence-corrected chi connectivity index (χ0v) is 15.5. The lowest BCUT2D eigenvalue weighted by Gasteiger charge is -2.33. The van der Waals surface area contributed by atoms with Crippen molar-refractivity contribution in [2.45, 2.75) is 17.9 Å². The van der Waals surface area contributed by atoms with Gasteiger partial charge >= 0.3 is 0 Å². The molecule has 1 atom stereocenters. The van der Waals surface area contributed by atoms with Crippen molar-refractivity contribution >= 4 is 28.2 Å². The van der Waals surface area contributed by atoms with Gasteiger partial charge in [0.05, 0.1) is 4.90 Å². The number of benzene rings is 2. The molecule has 0 saturated carbocycles. The number of hydrogen-bond donors (Lipinski definition) is 1. The molecule has 134 valence electrons. The lowest BCUT2D eigenvalue weighted by Crippen LogP contribution is -2.52. The molecular formula is C18H21ClN2O3S. The first-order valence-electron chi connectivity index (χ1n) is 7.93. The number of nitrogens with zero attached hydrogens (tertiary/aromatic N) is 1. The summed E-state index contributed by atoms with van der Waals surface area (Å²) in [6, 6.07) is 15.0. The maximum atomic E-state index is 13.1. The second-order valence-corrected chi connectivity index (χ2v) is 7.72. The summed E-state index contributed by atoms with van der Waals surface area (Å²) >= 11 is 0. The maximum Gasteiger partial charge on any atom is 0.244 e. The Kier molecular flexibility index (Phi) is 6.35. The average Bonchev–Trinajstić information content (AvgIpc) is 2.62. The third kappa shape index (κ3) is 3.93. The van der Waals surface area contributed by atoms with Gasteiger partial charge in [0.2, 0.25) is 10.0 Å². The van der Waals surface area contributed by atoms with Gasteiger partial charge in [-0.05, 0) is 19.1 Å². The Balaban J connectivity index is 0.00000225. The van der Waals surface area contributed by atoms with Crippen LogP contribution in [0.2, 0.25) is 0 Å². The van der Waals surface area contributed by atoms with E-state index in [1.807, 2.05) is 13.0 Å². The van der Waals surface area contributed by atoms with E-state index >= 15 is 0 Å². The summed E-state index contributed by atoms with van der Waals surface area (Å²) in [5.41, 5.74) is 0.697. The standard InChI is InChI=1S/C18H20N2O3S.ClH/c1-14-13-19-11-12-20(14)24(22,23)17-10-6-5-9-16(17)18(21)15-7-3-2-4-8-15;/h2-10,14,19H,11-13H2,1H3;1H/t14-;/m0./s1. The Hall–Kier alpha value is -1.73. The molecular weight excluding hydrogens is 360 g/mol. The molecule has 7 heteroatoms. The van der Waals surface area contributed by atoms with E-state index in [9.17, 15) is 13.2 Å². The van der Waals surface area contributed by atoms with Crippen LogP contribution in [0.1, 0.15) is 22.8 Å². The summed E-state index contributed by atoms with van der Waals surface area (Å²) in [5, 5.41) is 3.18. The number of rotatable bonds is 4. The first-order valence-corrected chi connectivity index (χ1v) is 9.37. The minimum atomic E-state index is -3.72. The van der Waals surface area contributed by atoms with E-state index in [0.29, 0.717) is 25.2 Å². The molecule has 1 aliphatic rings. The Bertz CT molecular complexity index is 840. The number of piperazine rings is 1. The molecule has 1 heterocycles. The van der Waals surface area contributed by atoms with Crippen molar-refractivity contribution in [3.05, 3.63) is 65.7 Å². The Morgan fingerprint density at radius 2 is 1.72 bits per heavy atom. The fourth-order valence-corrected chi connectivity index (χ4v) is 4.75. The molecule has 1 fully saturated rings. The molecule has 1 saturated heterocycles. The van der Waals surface area contributed by atoms with Crippen LogP contribution in [0.4, 0.5) is 0 Å². The maximum absolute atomic E-state index is 13.1. The van der Waals surface area contributed by atoms with Crippen LogP contribution in [0.5, 0.6) is 0 Å². The van der Waals surface area contributed by atoms with Crippen LogP contribution >= 0.6 is 12.4 Å². The summed E-state index contributed by atoms with van der Waals surface area (Å²) < 4.78 is 27.7. The van der Waals surface area contributed by atoms with Crippen molar-refractivity contribution < 1.29 is 13.2 Å². The summed E-state index contributed by atoms with van der Waals surface area (Å²) in [5.74, 6) is -0.280. The van der Waals surface area contributed by atoms with Crippen molar-refractivity contribution in [3.8, 4) is 0 Å². The van der Waals surface area contributed by atoms with Crippen LogP contribution in [-0.2, 0) is 10.0 Å². The molecule has 0 bridgehead atoms. The van der Waals surface area contributed by atoms with Crippen LogP contribution in [0.15, 0.2) is 59.5 Å². The number of nitrogens with one attached hydrogen (secondary N) is 1. The quantitative estimate of drug-likeness (QED) is 0.826. The molecule has 25 heavy (non-hydrogen) atoms. The lowest BCUT2D eigenvalue weighted by atomic mass is 10.0. The highest BCUT2D eigenvalue weighted by Gasteiger charge is 2.33. The topological polar surface area (TPSA) is 66.5 Å². The van der Waals surface area contributed by atoms with Gasteiger partial charge in [0.15, 0.2) is 5.78 Å². The number of hydrogen-bond acceptors (Lipinski definition) is 4. The summed E-state index contributed by atoms with van der Waals surface area (Å²) in [4.78, 5) is 12.9. The normalized spacial score (nSPS) is 18.4. The van der Waals surface area contributed by atoms with Gasteiger partial charge in [0.1, 0.15) is 0 Å². The molecule has 1 N–H and O–H groups in total. The molecule has 2 aromatic carbocycles. The van der Waals surface area contributed by atoms with E-state index in [4.69, 9.17) is 0 Å². The van der Waals surface area contributed by atoms with Crippen molar-refractivity contribution in [3.63, 3.8) is 0 Å². The molecule has 0 amide bonds. The van der Waals surface area contributed by atoms with Crippen LogP contribution < -0.4 is 5.32 Å². The Labute approximate surface area is 154 Å². The van der Waals surface area contributed by atoms with Gasteiger partial charge in [-0.2, -0.15) is 4.31 Å².